The molecule has 0 spiro atoms. The minimum atomic E-state index is -2.01. The van der Waals surface area contributed by atoms with E-state index in [1.165, 1.54) is 45.8 Å². The average Bonchev–Trinajstić information content (AvgIpc) is 3.72. The van der Waals surface area contributed by atoms with Crippen LogP contribution in [0.15, 0.2) is 58.8 Å². The van der Waals surface area contributed by atoms with E-state index in [0.717, 1.165) is 0 Å². The van der Waals surface area contributed by atoms with Crippen LogP contribution in [0.4, 0.5) is 26.3 Å². The predicted octanol–water partition coefficient (Wildman–Crippen LogP) is 4.91. The van der Waals surface area contributed by atoms with Crippen LogP contribution in [0.3, 0.4) is 0 Å². The molecule has 0 saturated carbocycles. The molecule has 8 nitrogen and oxygen atoms in total. The zero-order chi connectivity index (χ0) is 28.6. The zero-order valence-corrected chi connectivity index (χ0v) is 22.0. The molecule has 0 radical (unpaired) electrons. The van der Waals surface area contributed by atoms with Crippen molar-refractivity contribution in [3.63, 3.8) is 0 Å². The molecule has 212 valence electrons. The molecular formula is C24H20F6N6O2S2. The Kier molecular flexibility index (Phi) is 8.16. The van der Waals surface area contributed by atoms with E-state index in [1.807, 2.05) is 0 Å². The van der Waals surface area contributed by atoms with Crippen molar-refractivity contribution in [2.24, 2.45) is 0 Å². The molecule has 0 amide bonds. The van der Waals surface area contributed by atoms with Gasteiger partial charge in [-0.2, -0.15) is 0 Å². The van der Waals surface area contributed by atoms with Crippen molar-refractivity contribution in [3.8, 4) is 0 Å². The molecule has 6 atom stereocenters. The van der Waals surface area contributed by atoms with Crippen molar-refractivity contribution in [1.29, 1.82) is 0 Å². The number of hydrogen-bond acceptors (Lipinski definition) is 6. The molecular weight excluding hydrogens is 582 g/mol. The van der Waals surface area contributed by atoms with Gasteiger partial charge in [0.15, 0.2) is 36.0 Å². The van der Waals surface area contributed by atoms with Gasteiger partial charge in [0.2, 0.25) is 10.3 Å². The molecule has 0 N–H and O–H groups in total. The molecule has 2 aromatic carbocycles. The second-order valence-corrected chi connectivity index (χ2v) is 11.3. The van der Waals surface area contributed by atoms with Crippen molar-refractivity contribution < 1.29 is 34.8 Å². The standard InChI is InChI=1S/2C12H10F3N3OS/c2*13-6-20(19)12-16-11-9(15)5-10(18(11)17-12)7-3-1-2-4-8(7)14/h2*1-4,9-10H,5-6H2/t9-,10-,20+;9-,10-,20-/m00/s1. The van der Waals surface area contributed by atoms with Gasteiger partial charge in [0, 0.05) is 24.0 Å². The quantitative estimate of drug-likeness (QED) is 0.291. The maximum atomic E-state index is 13.9. The Hall–Kier alpha value is -3.40. The van der Waals surface area contributed by atoms with Crippen LogP contribution in [-0.2, 0) is 21.6 Å². The summed E-state index contributed by atoms with van der Waals surface area (Å²) in [6.07, 6.45) is -2.84. The van der Waals surface area contributed by atoms with E-state index in [0.29, 0.717) is 0 Å². The third-order valence-electron chi connectivity index (χ3n) is 6.42. The Labute approximate surface area is 228 Å². The van der Waals surface area contributed by atoms with Gasteiger partial charge in [0.25, 0.3) is 0 Å². The van der Waals surface area contributed by atoms with Crippen LogP contribution in [0.1, 0.15) is 60.0 Å². The van der Waals surface area contributed by atoms with E-state index in [2.05, 4.69) is 20.2 Å². The summed E-state index contributed by atoms with van der Waals surface area (Å²) in [6, 6.07) is 8.40. The lowest BCUT2D eigenvalue weighted by atomic mass is 10.0. The Morgan fingerprint density at radius 2 is 1.07 bits per heavy atom. The Morgan fingerprint density at radius 1 is 0.700 bits per heavy atom. The first kappa shape index (κ1) is 28.1. The van der Waals surface area contributed by atoms with Crippen molar-refractivity contribution in [2.45, 2.75) is 47.6 Å². The van der Waals surface area contributed by atoms with Crippen molar-refractivity contribution in [2.75, 3.05) is 12.0 Å². The topological polar surface area (TPSA) is 95.6 Å². The van der Waals surface area contributed by atoms with Crippen LogP contribution in [0.2, 0.25) is 0 Å². The van der Waals surface area contributed by atoms with Gasteiger partial charge in [0.1, 0.15) is 33.2 Å². The third kappa shape index (κ3) is 5.21. The number of hydrogen-bond donors (Lipinski definition) is 0. The number of rotatable bonds is 6. The molecule has 2 aromatic heterocycles. The van der Waals surface area contributed by atoms with Crippen molar-refractivity contribution in [3.05, 3.63) is 82.9 Å². The fraction of sp³-hybridized carbons (Fsp3) is 0.333. The molecule has 0 saturated heterocycles. The van der Waals surface area contributed by atoms with Crippen LogP contribution in [0, 0.1) is 11.6 Å². The lowest BCUT2D eigenvalue weighted by Gasteiger charge is -2.12. The van der Waals surface area contributed by atoms with E-state index < -0.39 is 69.7 Å². The number of nitrogens with zero attached hydrogens (tertiary/aromatic N) is 6. The fourth-order valence-electron chi connectivity index (χ4n) is 4.62. The molecule has 6 rings (SSSR count). The molecule has 0 bridgehead atoms. The van der Waals surface area contributed by atoms with Gasteiger partial charge in [-0.15, -0.1) is 10.2 Å². The smallest absolute Gasteiger partial charge is 0.241 e. The molecule has 0 fully saturated rings. The summed E-state index contributed by atoms with van der Waals surface area (Å²) in [6.45, 7) is 0. The summed E-state index contributed by atoms with van der Waals surface area (Å²) in [7, 11) is -4.02. The van der Waals surface area contributed by atoms with Gasteiger partial charge in [-0.3, -0.25) is 0 Å². The summed E-state index contributed by atoms with van der Waals surface area (Å²) >= 11 is 0. The Bertz CT molecular complexity index is 1470. The highest BCUT2D eigenvalue weighted by atomic mass is 32.2. The second kappa shape index (κ2) is 11.6. The third-order valence-corrected chi connectivity index (χ3v) is 7.98. The molecule has 0 aliphatic carbocycles. The van der Waals surface area contributed by atoms with Crippen LogP contribution >= 0.6 is 0 Å². The first-order chi connectivity index (χ1) is 19.2. The van der Waals surface area contributed by atoms with E-state index in [-0.39, 0.29) is 45.9 Å². The molecule has 4 aromatic rings. The minimum absolute atomic E-state index is 0.0127. The number of benzene rings is 2. The van der Waals surface area contributed by atoms with E-state index in [1.54, 1.807) is 12.1 Å². The maximum absolute atomic E-state index is 13.9. The van der Waals surface area contributed by atoms with Crippen LogP contribution < -0.4 is 0 Å². The summed E-state index contributed by atoms with van der Waals surface area (Å²) in [5.74, 6) is -1.01. The normalized spacial score (nSPS) is 22.8. The number of alkyl halides is 4. The molecule has 16 heteroatoms. The lowest BCUT2D eigenvalue weighted by Crippen LogP contribution is -2.10. The van der Waals surface area contributed by atoms with Crippen LogP contribution in [0.25, 0.3) is 0 Å². The largest absolute Gasteiger partial charge is 0.248 e. The monoisotopic (exact) mass is 602 g/mol. The van der Waals surface area contributed by atoms with Gasteiger partial charge >= 0.3 is 0 Å². The SMILES string of the molecule is O=[S@@](CF)c1nc2n(n1)[C@H](c1ccccc1F)C[C@@H]2F.O=[S@](CF)c1nc2n(n1)[C@H](c1ccccc1F)C[C@@H]2F. The predicted molar refractivity (Wildman–Crippen MR) is 131 cm³/mol. The molecule has 2 aliphatic rings. The van der Waals surface area contributed by atoms with E-state index >= 15 is 0 Å². The highest BCUT2D eigenvalue weighted by molar-refractivity contribution is 7.84. The van der Waals surface area contributed by atoms with Gasteiger partial charge in [-0.05, 0) is 12.1 Å². The van der Waals surface area contributed by atoms with Gasteiger partial charge in [0.05, 0.1) is 12.1 Å². The zero-order valence-electron chi connectivity index (χ0n) is 20.3. The summed E-state index contributed by atoms with van der Waals surface area (Å²) in [5, 5.41) is 7.22. The minimum Gasteiger partial charge on any atom is -0.248 e. The summed E-state index contributed by atoms with van der Waals surface area (Å²) in [4.78, 5) is 7.52. The van der Waals surface area contributed by atoms with Crippen molar-refractivity contribution in [1.82, 2.24) is 29.5 Å². The second-order valence-electron chi connectivity index (χ2n) is 8.78. The molecule has 40 heavy (non-hydrogen) atoms. The van der Waals surface area contributed by atoms with Crippen LogP contribution in [0.5, 0.6) is 0 Å². The highest BCUT2D eigenvalue weighted by Crippen LogP contribution is 2.41. The Morgan fingerprint density at radius 3 is 1.43 bits per heavy atom. The molecule has 0 unspecified atom stereocenters. The highest BCUT2D eigenvalue weighted by Gasteiger charge is 2.38. The van der Waals surface area contributed by atoms with E-state index in [9.17, 15) is 34.8 Å². The number of fused-ring (bicyclic) bond motifs is 2. The van der Waals surface area contributed by atoms with E-state index in [4.69, 9.17) is 0 Å². The first-order valence-electron chi connectivity index (χ1n) is 11.8. The maximum Gasteiger partial charge on any atom is 0.241 e. The van der Waals surface area contributed by atoms with Gasteiger partial charge in [-0.1, -0.05) is 36.4 Å². The molecule has 4 heterocycles. The number of aromatic nitrogens is 6. The lowest BCUT2D eigenvalue weighted by molar-refractivity contribution is 0.325. The summed E-state index contributed by atoms with van der Waals surface area (Å²) < 4.78 is 105. The Balaban J connectivity index is 0.000000161. The van der Waals surface area contributed by atoms with Gasteiger partial charge < -0.3 is 0 Å². The van der Waals surface area contributed by atoms with Gasteiger partial charge in [-0.25, -0.2) is 54.1 Å². The van der Waals surface area contributed by atoms with Crippen molar-refractivity contribution >= 4 is 21.6 Å². The number of halogens is 6. The first-order valence-corrected chi connectivity index (χ1v) is 14.5. The fourth-order valence-corrected chi connectivity index (χ4v) is 5.56. The summed E-state index contributed by atoms with van der Waals surface area (Å²) in [5.41, 5.74) is 0.577. The molecule has 2 aliphatic heterocycles. The van der Waals surface area contributed by atoms with Crippen LogP contribution in [-0.4, -0.2) is 50.0 Å². The average molecular weight is 603 g/mol.